The second-order valence-corrected chi connectivity index (χ2v) is 2.97. The molecule has 0 fully saturated rings. The van der Waals surface area contributed by atoms with E-state index in [2.05, 4.69) is 14.5 Å². The van der Waals surface area contributed by atoms with Crippen molar-refractivity contribution in [3.05, 3.63) is 21.9 Å². The van der Waals surface area contributed by atoms with E-state index in [1.54, 1.807) is 0 Å². The number of halogens is 3. The van der Waals surface area contributed by atoms with Crippen molar-refractivity contribution in [2.24, 2.45) is 5.73 Å². The molecule has 0 radical (unpaired) electrons. The minimum absolute atomic E-state index is 0.274. The maximum Gasteiger partial charge on any atom is 0.573 e. The second kappa shape index (κ2) is 5.04. The van der Waals surface area contributed by atoms with Crippen molar-refractivity contribution in [1.29, 1.82) is 0 Å². The van der Waals surface area contributed by atoms with Crippen LogP contribution in [-0.4, -0.2) is 23.4 Å². The van der Waals surface area contributed by atoms with Crippen molar-refractivity contribution in [1.82, 2.24) is 4.98 Å². The topological polar surface area (TPSA) is 101 Å². The van der Waals surface area contributed by atoms with Gasteiger partial charge in [-0.3, -0.25) is 0 Å². The number of ether oxygens (including phenoxy) is 2. The van der Waals surface area contributed by atoms with E-state index >= 15 is 0 Å². The average Bonchev–Trinajstić information content (AvgIpc) is 2.25. The monoisotopic (exact) mass is 267 g/mol. The molecule has 0 aromatic carbocycles. The molecule has 0 atom stereocenters. The fraction of sp³-hybridized carbons (Fsp3) is 0.375. The fourth-order valence-corrected chi connectivity index (χ4v) is 1.27. The third-order valence-electron chi connectivity index (χ3n) is 1.88. The van der Waals surface area contributed by atoms with Crippen LogP contribution < -0.4 is 15.2 Å². The summed E-state index contributed by atoms with van der Waals surface area (Å²) in [6.45, 7) is -0.415. The molecule has 0 amide bonds. The Labute approximate surface area is 98.5 Å². The smallest absolute Gasteiger partial charge is 0.492 e. The van der Waals surface area contributed by atoms with E-state index in [4.69, 9.17) is 5.73 Å². The zero-order valence-electron chi connectivity index (χ0n) is 9.02. The zero-order chi connectivity index (χ0) is 13.9. The number of nitrogens with zero attached hydrogens (tertiary/aromatic N) is 2. The molecule has 0 spiro atoms. The van der Waals surface area contributed by atoms with Crippen molar-refractivity contribution in [2.75, 3.05) is 7.11 Å². The molecule has 1 heterocycles. The van der Waals surface area contributed by atoms with Crippen molar-refractivity contribution in [3.8, 4) is 11.5 Å². The van der Waals surface area contributed by atoms with Crippen LogP contribution in [-0.2, 0) is 6.54 Å². The first-order valence-corrected chi connectivity index (χ1v) is 4.46. The van der Waals surface area contributed by atoms with E-state index in [-0.39, 0.29) is 5.56 Å². The van der Waals surface area contributed by atoms with Gasteiger partial charge in [0.1, 0.15) is 5.56 Å². The third-order valence-corrected chi connectivity index (χ3v) is 1.88. The van der Waals surface area contributed by atoms with Crippen LogP contribution in [0.3, 0.4) is 0 Å². The molecular formula is C8H8F3N3O4. The Morgan fingerprint density at radius 3 is 2.56 bits per heavy atom. The van der Waals surface area contributed by atoms with E-state index in [9.17, 15) is 23.3 Å². The summed E-state index contributed by atoms with van der Waals surface area (Å²) in [4.78, 5) is 13.0. The molecular weight excluding hydrogens is 259 g/mol. The van der Waals surface area contributed by atoms with Gasteiger partial charge in [0, 0.05) is 6.54 Å². The van der Waals surface area contributed by atoms with Gasteiger partial charge in [-0.1, -0.05) is 0 Å². The number of alkyl halides is 3. The summed E-state index contributed by atoms with van der Waals surface area (Å²) < 4.78 is 44.5. The maximum atomic E-state index is 12.1. The minimum Gasteiger partial charge on any atom is -0.492 e. The molecule has 0 aliphatic rings. The standard InChI is InChI=1S/C8H8F3N3O4/c1-17-6-4(2-12)7(14(15)16)13-3-5(6)18-8(9,10)11/h3H,2,12H2,1H3. The molecule has 0 aliphatic heterocycles. The highest BCUT2D eigenvalue weighted by atomic mass is 19.4. The molecule has 7 nitrogen and oxygen atoms in total. The third kappa shape index (κ3) is 2.97. The number of pyridine rings is 1. The van der Waals surface area contributed by atoms with Crippen molar-refractivity contribution in [2.45, 2.75) is 12.9 Å². The normalized spacial score (nSPS) is 11.2. The van der Waals surface area contributed by atoms with E-state index in [0.29, 0.717) is 6.20 Å². The molecule has 0 aliphatic carbocycles. The van der Waals surface area contributed by atoms with E-state index < -0.39 is 35.1 Å². The summed E-state index contributed by atoms with van der Waals surface area (Å²) in [5.41, 5.74) is 4.96. The largest absolute Gasteiger partial charge is 0.573 e. The van der Waals surface area contributed by atoms with Gasteiger partial charge in [-0.15, -0.1) is 13.2 Å². The van der Waals surface area contributed by atoms with Gasteiger partial charge in [0.2, 0.25) is 5.75 Å². The number of methoxy groups -OCH3 is 1. The van der Waals surface area contributed by atoms with Gasteiger partial charge in [-0.05, 0) is 9.91 Å². The highest BCUT2D eigenvalue weighted by Gasteiger charge is 2.35. The number of nitrogens with two attached hydrogens (primary N) is 1. The number of aromatic nitrogens is 1. The summed E-state index contributed by atoms with van der Waals surface area (Å²) in [7, 11) is 1.04. The molecule has 10 heteroatoms. The Bertz CT molecular complexity index is 464. The molecule has 1 rings (SSSR count). The second-order valence-electron chi connectivity index (χ2n) is 2.97. The lowest BCUT2D eigenvalue weighted by Gasteiger charge is -2.13. The Morgan fingerprint density at radius 1 is 1.56 bits per heavy atom. The van der Waals surface area contributed by atoms with Gasteiger partial charge in [-0.25, -0.2) is 0 Å². The Kier molecular flexibility index (Phi) is 3.91. The predicted molar refractivity (Wildman–Crippen MR) is 52.0 cm³/mol. The van der Waals surface area contributed by atoms with Gasteiger partial charge < -0.3 is 25.3 Å². The number of rotatable bonds is 4. The summed E-state index contributed by atoms with van der Waals surface area (Å²) in [5.74, 6) is -1.92. The number of hydrogen-bond donors (Lipinski definition) is 1. The first-order valence-electron chi connectivity index (χ1n) is 4.46. The van der Waals surface area contributed by atoms with Crippen LogP contribution in [0.5, 0.6) is 11.5 Å². The number of nitro groups is 1. The molecule has 0 saturated heterocycles. The lowest BCUT2D eigenvalue weighted by Crippen LogP contribution is -2.19. The van der Waals surface area contributed by atoms with Gasteiger partial charge in [0.05, 0.1) is 7.11 Å². The first kappa shape index (κ1) is 14.0. The molecule has 18 heavy (non-hydrogen) atoms. The SMILES string of the molecule is COc1c(OC(F)(F)F)cnc([N+](=O)[O-])c1CN. The van der Waals surface area contributed by atoms with Gasteiger partial charge in [0.25, 0.3) is 0 Å². The summed E-state index contributed by atoms with van der Waals surface area (Å²) in [5, 5.41) is 10.6. The van der Waals surface area contributed by atoms with Crippen LogP contribution in [0.4, 0.5) is 19.0 Å². The van der Waals surface area contributed by atoms with Crippen LogP contribution in [0.1, 0.15) is 5.56 Å². The van der Waals surface area contributed by atoms with Crippen molar-refractivity contribution in [3.63, 3.8) is 0 Å². The Hall–Kier alpha value is -2.10. The minimum atomic E-state index is -4.96. The quantitative estimate of drug-likeness (QED) is 0.652. The molecule has 100 valence electrons. The molecule has 0 unspecified atom stereocenters. The van der Waals surface area contributed by atoms with Gasteiger partial charge >= 0.3 is 12.2 Å². The Balaban J connectivity index is 3.34. The van der Waals surface area contributed by atoms with Crippen LogP contribution >= 0.6 is 0 Å². The lowest BCUT2D eigenvalue weighted by atomic mass is 10.2. The molecule has 1 aromatic heterocycles. The highest BCUT2D eigenvalue weighted by Crippen LogP contribution is 2.37. The summed E-state index contributed by atoms with van der Waals surface area (Å²) in [6, 6.07) is 0. The van der Waals surface area contributed by atoms with Crippen molar-refractivity contribution < 1.29 is 27.6 Å². The average molecular weight is 267 g/mol. The zero-order valence-corrected chi connectivity index (χ0v) is 9.02. The van der Waals surface area contributed by atoms with Gasteiger partial charge in [-0.2, -0.15) is 0 Å². The Morgan fingerprint density at radius 2 is 2.17 bits per heavy atom. The van der Waals surface area contributed by atoms with Crippen LogP contribution in [0.25, 0.3) is 0 Å². The summed E-state index contributed by atoms with van der Waals surface area (Å²) in [6.07, 6.45) is -4.40. The number of hydrogen-bond acceptors (Lipinski definition) is 6. The van der Waals surface area contributed by atoms with Gasteiger partial charge in [0.15, 0.2) is 11.9 Å². The van der Waals surface area contributed by atoms with E-state index in [0.717, 1.165) is 7.11 Å². The van der Waals surface area contributed by atoms with Crippen molar-refractivity contribution >= 4 is 5.82 Å². The molecule has 1 aromatic rings. The first-order chi connectivity index (χ1) is 8.30. The van der Waals surface area contributed by atoms with Crippen LogP contribution in [0.2, 0.25) is 0 Å². The molecule has 0 bridgehead atoms. The predicted octanol–water partition coefficient (Wildman–Crippen LogP) is 1.36. The molecule has 2 N–H and O–H groups in total. The highest BCUT2D eigenvalue weighted by molar-refractivity contribution is 5.52. The summed E-state index contributed by atoms with van der Waals surface area (Å²) >= 11 is 0. The van der Waals surface area contributed by atoms with Crippen LogP contribution in [0.15, 0.2) is 6.20 Å². The lowest BCUT2D eigenvalue weighted by molar-refractivity contribution is -0.390. The van der Waals surface area contributed by atoms with E-state index in [1.165, 1.54) is 0 Å². The van der Waals surface area contributed by atoms with E-state index in [1.807, 2.05) is 0 Å². The maximum absolute atomic E-state index is 12.1. The fourth-order valence-electron chi connectivity index (χ4n) is 1.27. The molecule has 0 saturated carbocycles. The van der Waals surface area contributed by atoms with Crippen LogP contribution in [0, 0.1) is 10.1 Å².